The molecule has 0 aromatic heterocycles. The van der Waals surface area contributed by atoms with Crippen molar-refractivity contribution in [3.05, 3.63) is 0 Å². The van der Waals surface area contributed by atoms with E-state index >= 15 is 0 Å². The van der Waals surface area contributed by atoms with E-state index < -0.39 is 5.97 Å². The lowest BCUT2D eigenvalue weighted by Gasteiger charge is -2.01. The van der Waals surface area contributed by atoms with Crippen molar-refractivity contribution in [3.8, 4) is 0 Å². The molecule has 0 fully saturated rings. The van der Waals surface area contributed by atoms with Crippen LogP contribution >= 0.6 is 0 Å². The molecule has 0 atom stereocenters. The first-order chi connectivity index (χ1) is 7.60. The maximum Gasteiger partial charge on any atom is 0.313 e. The summed E-state index contributed by atoms with van der Waals surface area (Å²) in [6.07, 6.45) is 2.88. The highest BCUT2D eigenvalue weighted by atomic mass is 16.5. The number of ketones is 2. The monoisotopic (exact) mass is 228 g/mol. The Morgan fingerprint density at radius 2 is 1.62 bits per heavy atom. The minimum absolute atomic E-state index is 0.0808. The normalized spacial score (nSPS) is 9.88. The molecule has 0 heterocycles. The van der Waals surface area contributed by atoms with E-state index in [0.717, 1.165) is 19.3 Å². The van der Waals surface area contributed by atoms with Gasteiger partial charge < -0.3 is 4.74 Å². The Hall–Kier alpha value is -1.19. The molecule has 0 rings (SSSR count). The summed E-state index contributed by atoms with van der Waals surface area (Å²) >= 11 is 0. The van der Waals surface area contributed by atoms with Crippen LogP contribution in [0.2, 0.25) is 0 Å². The highest BCUT2D eigenvalue weighted by molar-refractivity contribution is 6.05. The van der Waals surface area contributed by atoms with E-state index in [1.807, 2.05) is 0 Å². The quantitative estimate of drug-likeness (QED) is 0.344. The molecule has 0 saturated carbocycles. The predicted molar refractivity (Wildman–Crippen MR) is 60.0 cm³/mol. The van der Waals surface area contributed by atoms with E-state index in [9.17, 15) is 14.4 Å². The number of Topliss-reactive ketones (excluding diaryl/α,β-unsaturated/α-hetero) is 2. The molecule has 16 heavy (non-hydrogen) atoms. The van der Waals surface area contributed by atoms with Crippen LogP contribution in [-0.2, 0) is 19.1 Å². The number of unbranched alkanes of at least 4 members (excludes halogenated alkanes) is 2. The van der Waals surface area contributed by atoms with Crippen molar-refractivity contribution in [2.45, 2.75) is 52.4 Å². The van der Waals surface area contributed by atoms with Gasteiger partial charge in [-0.15, -0.1) is 0 Å². The first-order valence-electron chi connectivity index (χ1n) is 5.79. The van der Waals surface area contributed by atoms with Gasteiger partial charge in [-0.05, 0) is 13.3 Å². The van der Waals surface area contributed by atoms with Crippen LogP contribution in [0.3, 0.4) is 0 Å². The number of rotatable bonds is 9. The topological polar surface area (TPSA) is 60.4 Å². The van der Waals surface area contributed by atoms with E-state index in [1.165, 1.54) is 0 Å². The summed E-state index contributed by atoms with van der Waals surface area (Å²) < 4.78 is 4.62. The highest BCUT2D eigenvalue weighted by Crippen LogP contribution is 2.03. The molecule has 0 aliphatic heterocycles. The molecule has 0 N–H and O–H groups in total. The predicted octanol–water partition coefficient (Wildman–Crippen LogP) is 2.05. The van der Waals surface area contributed by atoms with Crippen LogP contribution in [0.5, 0.6) is 0 Å². The lowest BCUT2D eigenvalue weighted by Crippen LogP contribution is -2.14. The SMILES string of the molecule is CCCCCC(=O)CC(=O)CC(=O)OCC. The molecule has 92 valence electrons. The Morgan fingerprint density at radius 3 is 2.19 bits per heavy atom. The van der Waals surface area contributed by atoms with Gasteiger partial charge in [-0.3, -0.25) is 14.4 Å². The van der Waals surface area contributed by atoms with Crippen molar-refractivity contribution < 1.29 is 19.1 Å². The third-order valence-corrected chi connectivity index (χ3v) is 2.10. The molecule has 0 unspecified atom stereocenters. The molecule has 0 aromatic carbocycles. The lowest BCUT2D eigenvalue weighted by molar-refractivity contribution is -0.145. The Morgan fingerprint density at radius 1 is 0.938 bits per heavy atom. The molecule has 0 spiro atoms. The molecular formula is C12H20O4. The molecule has 0 aliphatic carbocycles. The Balaban J connectivity index is 3.69. The Kier molecular flexibility index (Phi) is 8.39. The van der Waals surface area contributed by atoms with E-state index in [4.69, 9.17) is 0 Å². The maximum absolute atomic E-state index is 11.3. The number of hydrogen-bond acceptors (Lipinski definition) is 4. The molecule has 0 amide bonds. The van der Waals surface area contributed by atoms with Gasteiger partial charge in [0.15, 0.2) is 5.78 Å². The number of carbonyl (C=O) groups excluding carboxylic acids is 3. The molecule has 4 heteroatoms. The molecule has 4 nitrogen and oxygen atoms in total. The fourth-order valence-corrected chi connectivity index (χ4v) is 1.32. The van der Waals surface area contributed by atoms with E-state index in [1.54, 1.807) is 6.92 Å². The van der Waals surface area contributed by atoms with Crippen molar-refractivity contribution in [2.75, 3.05) is 6.61 Å². The van der Waals surface area contributed by atoms with Gasteiger partial charge in [0, 0.05) is 6.42 Å². The zero-order chi connectivity index (χ0) is 12.4. The fraction of sp³-hybridized carbons (Fsp3) is 0.750. The zero-order valence-electron chi connectivity index (χ0n) is 10.1. The molecule has 0 aromatic rings. The number of esters is 1. The standard InChI is InChI=1S/C12H20O4/c1-3-5-6-7-10(13)8-11(14)9-12(15)16-4-2/h3-9H2,1-2H3. The second-order valence-electron chi connectivity index (χ2n) is 3.69. The summed E-state index contributed by atoms with van der Waals surface area (Å²) in [5, 5.41) is 0. The van der Waals surface area contributed by atoms with Gasteiger partial charge in [0.2, 0.25) is 0 Å². The third-order valence-electron chi connectivity index (χ3n) is 2.10. The van der Waals surface area contributed by atoms with Crippen LogP contribution in [0.15, 0.2) is 0 Å². The fourth-order valence-electron chi connectivity index (χ4n) is 1.32. The van der Waals surface area contributed by atoms with Crippen LogP contribution in [0.1, 0.15) is 52.4 Å². The Bertz CT molecular complexity index is 245. The van der Waals surface area contributed by atoms with Crippen LogP contribution in [0.25, 0.3) is 0 Å². The van der Waals surface area contributed by atoms with Crippen molar-refractivity contribution in [1.82, 2.24) is 0 Å². The van der Waals surface area contributed by atoms with Gasteiger partial charge in [-0.1, -0.05) is 19.8 Å². The summed E-state index contributed by atoms with van der Waals surface area (Å²) in [4.78, 5) is 33.5. The van der Waals surface area contributed by atoms with Crippen LogP contribution < -0.4 is 0 Å². The van der Waals surface area contributed by atoms with Gasteiger partial charge in [0.25, 0.3) is 0 Å². The van der Waals surface area contributed by atoms with Gasteiger partial charge in [-0.2, -0.15) is 0 Å². The summed E-state index contributed by atoms with van der Waals surface area (Å²) in [7, 11) is 0. The number of carbonyl (C=O) groups is 3. The van der Waals surface area contributed by atoms with Crippen molar-refractivity contribution in [2.24, 2.45) is 0 Å². The first kappa shape index (κ1) is 14.8. The van der Waals surface area contributed by atoms with Crippen molar-refractivity contribution >= 4 is 17.5 Å². The maximum atomic E-state index is 11.3. The van der Waals surface area contributed by atoms with Gasteiger partial charge in [0.1, 0.15) is 12.2 Å². The van der Waals surface area contributed by atoms with Crippen LogP contribution in [0.4, 0.5) is 0 Å². The van der Waals surface area contributed by atoms with E-state index in [-0.39, 0.29) is 31.0 Å². The minimum Gasteiger partial charge on any atom is -0.466 e. The molecule has 0 saturated heterocycles. The minimum atomic E-state index is -0.547. The van der Waals surface area contributed by atoms with Gasteiger partial charge in [0.05, 0.1) is 13.0 Å². The van der Waals surface area contributed by atoms with E-state index in [2.05, 4.69) is 11.7 Å². The average molecular weight is 228 g/mol. The van der Waals surface area contributed by atoms with Gasteiger partial charge >= 0.3 is 5.97 Å². The van der Waals surface area contributed by atoms with Crippen molar-refractivity contribution in [3.63, 3.8) is 0 Å². The van der Waals surface area contributed by atoms with Crippen LogP contribution in [-0.4, -0.2) is 24.1 Å². The zero-order valence-corrected chi connectivity index (χ0v) is 10.1. The third kappa shape index (κ3) is 8.15. The number of ether oxygens (including phenoxy) is 1. The first-order valence-corrected chi connectivity index (χ1v) is 5.79. The smallest absolute Gasteiger partial charge is 0.313 e. The van der Waals surface area contributed by atoms with Crippen molar-refractivity contribution in [1.29, 1.82) is 0 Å². The lowest BCUT2D eigenvalue weighted by atomic mass is 10.1. The molecule has 0 radical (unpaired) electrons. The molecule has 0 aliphatic rings. The largest absolute Gasteiger partial charge is 0.466 e. The van der Waals surface area contributed by atoms with E-state index in [0.29, 0.717) is 6.42 Å². The van der Waals surface area contributed by atoms with Crippen LogP contribution in [0, 0.1) is 0 Å². The number of hydrogen-bond donors (Lipinski definition) is 0. The summed E-state index contributed by atoms with van der Waals surface area (Å²) in [6, 6.07) is 0. The second-order valence-corrected chi connectivity index (χ2v) is 3.69. The summed E-state index contributed by atoms with van der Waals surface area (Å²) in [5.74, 6) is -0.975. The highest BCUT2D eigenvalue weighted by Gasteiger charge is 2.13. The summed E-state index contributed by atoms with van der Waals surface area (Å²) in [5.41, 5.74) is 0. The Labute approximate surface area is 96.4 Å². The second kappa shape index (κ2) is 9.07. The van der Waals surface area contributed by atoms with Gasteiger partial charge in [-0.25, -0.2) is 0 Å². The average Bonchev–Trinajstić information content (AvgIpc) is 2.17. The summed E-state index contributed by atoms with van der Waals surface area (Å²) in [6.45, 7) is 3.99. The molecule has 0 bridgehead atoms. The molecular weight excluding hydrogens is 208 g/mol.